The van der Waals surface area contributed by atoms with E-state index >= 15 is 0 Å². The number of nitrogens with two attached hydrogens (primary N) is 1. The number of primary amides is 1. The van der Waals surface area contributed by atoms with Crippen molar-refractivity contribution in [2.24, 2.45) is 23.5 Å². The first-order valence-corrected chi connectivity index (χ1v) is 9.20. The van der Waals surface area contributed by atoms with Crippen molar-refractivity contribution in [3.05, 3.63) is 16.0 Å². The van der Waals surface area contributed by atoms with E-state index in [0.29, 0.717) is 16.5 Å². The van der Waals surface area contributed by atoms with Gasteiger partial charge in [-0.2, -0.15) is 0 Å². The third kappa shape index (κ3) is 2.26. The summed E-state index contributed by atoms with van der Waals surface area (Å²) in [6.07, 6.45) is 8.88. The first-order valence-electron chi connectivity index (χ1n) is 8.38. The summed E-state index contributed by atoms with van der Waals surface area (Å²) in [4.78, 5) is 25.7. The van der Waals surface area contributed by atoms with Crippen LogP contribution in [-0.4, -0.2) is 11.8 Å². The van der Waals surface area contributed by atoms with Crippen molar-refractivity contribution in [1.29, 1.82) is 0 Å². The van der Waals surface area contributed by atoms with E-state index in [9.17, 15) is 9.59 Å². The lowest BCUT2D eigenvalue weighted by atomic mass is 9.88. The standard InChI is InChI=1S/C17H22N2O2S/c18-15(20)14-11-3-1-2-4-13(11)22-17(14)19-16(21)12-8-9-5-6-10(12)7-9/h9-10,12H,1-8H2,(H2,18,20)(H,19,21)/t9-,10+,12+/m0/s1. The minimum atomic E-state index is -0.400. The molecule has 0 saturated heterocycles. The second-order valence-corrected chi connectivity index (χ2v) is 8.16. The average molecular weight is 318 g/mol. The number of carbonyl (C=O) groups is 2. The zero-order valence-electron chi connectivity index (χ0n) is 12.7. The summed E-state index contributed by atoms with van der Waals surface area (Å²) < 4.78 is 0. The first-order chi connectivity index (χ1) is 10.6. The summed E-state index contributed by atoms with van der Waals surface area (Å²) in [6.45, 7) is 0. The molecule has 4 nitrogen and oxygen atoms in total. The molecule has 3 aliphatic carbocycles. The Kier molecular flexibility index (Phi) is 3.48. The fraction of sp³-hybridized carbons (Fsp3) is 0.647. The number of amides is 2. The normalized spacial score (nSPS) is 29.4. The number of nitrogens with one attached hydrogen (secondary N) is 1. The quantitative estimate of drug-likeness (QED) is 0.899. The van der Waals surface area contributed by atoms with E-state index in [0.717, 1.165) is 43.6 Å². The molecule has 2 saturated carbocycles. The molecule has 1 heterocycles. The highest BCUT2D eigenvalue weighted by Crippen LogP contribution is 2.49. The summed E-state index contributed by atoms with van der Waals surface area (Å²) in [5, 5.41) is 3.76. The molecule has 0 aromatic carbocycles. The number of hydrogen-bond donors (Lipinski definition) is 2. The predicted molar refractivity (Wildman–Crippen MR) is 87.0 cm³/mol. The minimum Gasteiger partial charge on any atom is -0.365 e. The number of fused-ring (bicyclic) bond motifs is 3. The molecule has 118 valence electrons. The van der Waals surface area contributed by atoms with Crippen LogP contribution in [0.1, 0.15) is 59.3 Å². The average Bonchev–Trinajstić information content (AvgIpc) is 3.19. The van der Waals surface area contributed by atoms with Crippen LogP contribution in [0, 0.1) is 17.8 Å². The molecule has 3 aliphatic rings. The van der Waals surface area contributed by atoms with Crippen LogP contribution >= 0.6 is 11.3 Å². The van der Waals surface area contributed by atoms with E-state index in [1.165, 1.54) is 24.1 Å². The van der Waals surface area contributed by atoms with Crippen LogP contribution in [0.25, 0.3) is 0 Å². The van der Waals surface area contributed by atoms with E-state index in [4.69, 9.17) is 5.73 Å². The van der Waals surface area contributed by atoms with Crippen molar-refractivity contribution >= 4 is 28.2 Å². The van der Waals surface area contributed by atoms with Crippen LogP contribution in [0.3, 0.4) is 0 Å². The molecule has 3 atom stereocenters. The molecule has 2 fully saturated rings. The summed E-state index contributed by atoms with van der Waals surface area (Å²) in [5.41, 5.74) is 7.26. The summed E-state index contributed by atoms with van der Waals surface area (Å²) in [7, 11) is 0. The first kappa shape index (κ1) is 14.2. The van der Waals surface area contributed by atoms with Gasteiger partial charge in [0.05, 0.1) is 5.56 Å². The maximum atomic E-state index is 12.6. The Labute approximate surface area is 134 Å². The molecular weight excluding hydrogens is 296 g/mol. The molecule has 1 aromatic heterocycles. The number of hydrogen-bond acceptors (Lipinski definition) is 3. The van der Waals surface area contributed by atoms with E-state index in [-0.39, 0.29) is 11.8 Å². The summed E-state index contributed by atoms with van der Waals surface area (Å²) >= 11 is 1.56. The third-order valence-electron chi connectivity index (χ3n) is 5.73. The van der Waals surface area contributed by atoms with Crippen molar-refractivity contribution in [2.45, 2.75) is 51.4 Å². The van der Waals surface area contributed by atoms with Gasteiger partial charge in [-0.1, -0.05) is 6.42 Å². The van der Waals surface area contributed by atoms with Crippen molar-refractivity contribution in [1.82, 2.24) is 0 Å². The lowest BCUT2D eigenvalue weighted by Gasteiger charge is -2.20. The van der Waals surface area contributed by atoms with Crippen LogP contribution in [0.15, 0.2) is 0 Å². The van der Waals surface area contributed by atoms with E-state index < -0.39 is 5.91 Å². The molecule has 1 aromatic rings. The second kappa shape index (κ2) is 5.37. The zero-order chi connectivity index (χ0) is 15.3. The van der Waals surface area contributed by atoms with E-state index in [2.05, 4.69) is 5.32 Å². The van der Waals surface area contributed by atoms with Gasteiger partial charge in [-0.25, -0.2) is 0 Å². The Morgan fingerprint density at radius 2 is 1.95 bits per heavy atom. The highest BCUT2D eigenvalue weighted by atomic mass is 32.1. The van der Waals surface area contributed by atoms with Gasteiger partial charge in [0.2, 0.25) is 5.91 Å². The van der Waals surface area contributed by atoms with Gasteiger partial charge >= 0.3 is 0 Å². The molecule has 0 aliphatic heterocycles. The number of thiophene rings is 1. The van der Waals surface area contributed by atoms with Crippen molar-refractivity contribution in [3.63, 3.8) is 0 Å². The predicted octanol–water partition coefficient (Wildman–Crippen LogP) is 3.10. The van der Waals surface area contributed by atoms with Gasteiger partial charge in [-0.05, 0) is 62.3 Å². The Hall–Kier alpha value is -1.36. The number of aryl methyl sites for hydroxylation is 1. The Morgan fingerprint density at radius 3 is 2.64 bits per heavy atom. The van der Waals surface area contributed by atoms with Gasteiger partial charge in [0.1, 0.15) is 5.00 Å². The molecular formula is C17H22N2O2S. The molecule has 2 amide bonds. The number of rotatable bonds is 3. The minimum absolute atomic E-state index is 0.105. The molecule has 2 bridgehead atoms. The second-order valence-electron chi connectivity index (χ2n) is 7.05. The van der Waals surface area contributed by atoms with E-state index in [1.807, 2.05) is 0 Å². The highest BCUT2D eigenvalue weighted by Gasteiger charge is 2.43. The fourth-order valence-corrected chi connectivity index (χ4v) is 5.98. The summed E-state index contributed by atoms with van der Waals surface area (Å²) in [5.74, 6) is 1.14. The Bertz CT molecular complexity index is 637. The highest BCUT2D eigenvalue weighted by molar-refractivity contribution is 7.17. The van der Waals surface area contributed by atoms with Gasteiger partial charge in [0.25, 0.3) is 5.91 Å². The molecule has 3 N–H and O–H groups in total. The largest absolute Gasteiger partial charge is 0.365 e. The molecule has 5 heteroatoms. The monoisotopic (exact) mass is 318 g/mol. The molecule has 0 unspecified atom stereocenters. The third-order valence-corrected chi connectivity index (χ3v) is 6.94. The van der Waals surface area contributed by atoms with Crippen LogP contribution in [0.2, 0.25) is 0 Å². The van der Waals surface area contributed by atoms with Crippen LogP contribution in [-0.2, 0) is 17.6 Å². The molecule has 0 spiro atoms. The van der Waals surface area contributed by atoms with Gasteiger partial charge in [-0.3, -0.25) is 9.59 Å². The zero-order valence-corrected chi connectivity index (χ0v) is 13.5. The van der Waals surface area contributed by atoms with Crippen LogP contribution in [0.4, 0.5) is 5.00 Å². The van der Waals surface area contributed by atoms with Crippen LogP contribution < -0.4 is 11.1 Å². The van der Waals surface area contributed by atoms with Gasteiger partial charge in [-0.15, -0.1) is 11.3 Å². The number of carbonyl (C=O) groups excluding carboxylic acids is 2. The maximum Gasteiger partial charge on any atom is 0.251 e. The Balaban J connectivity index is 1.58. The maximum absolute atomic E-state index is 12.6. The molecule has 22 heavy (non-hydrogen) atoms. The van der Waals surface area contributed by atoms with Crippen LogP contribution in [0.5, 0.6) is 0 Å². The SMILES string of the molecule is NC(=O)c1c(NC(=O)[C@@H]2C[C@H]3CC[C@@H]2C3)sc2c1CCCC2. The molecule has 4 rings (SSSR count). The van der Waals surface area contributed by atoms with E-state index in [1.54, 1.807) is 11.3 Å². The topological polar surface area (TPSA) is 72.2 Å². The fourth-order valence-electron chi connectivity index (χ4n) is 4.69. The smallest absolute Gasteiger partial charge is 0.251 e. The summed E-state index contributed by atoms with van der Waals surface area (Å²) in [6, 6.07) is 0. The van der Waals surface area contributed by atoms with Gasteiger partial charge in [0, 0.05) is 10.8 Å². The Morgan fingerprint density at radius 1 is 1.14 bits per heavy atom. The number of anilines is 1. The van der Waals surface area contributed by atoms with Gasteiger partial charge in [0.15, 0.2) is 0 Å². The molecule has 0 radical (unpaired) electrons. The van der Waals surface area contributed by atoms with Crippen molar-refractivity contribution in [2.75, 3.05) is 5.32 Å². The van der Waals surface area contributed by atoms with Gasteiger partial charge < -0.3 is 11.1 Å². The van der Waals surface area contributed by atoms with Crippen molar-refractivity contribution in [3.8, 4) is 0 Å². The lowest BCUT2D eigenvalue weighted by molar-refractivity contribution is -0.121. The lowest BCUT2D eigenvalue weighted by Crippen LogP contribution is -2.28. The van der Waals surface area contributed by atoms with Crippen molar-refractivity contribution < 1.29 is 9.59 Å².